The Kier molecular flexibility index (Phi) is 6.77. The zero-order valence-corrected chi connectivity index (χ0v) is 18.3. The largest absolute Gasteiger partial charge is 0.488 e. The highest BCUT2D eigenvalue weighted by molar-refractivity contribution is 9.10. The van der Waals surface area contributed by atoms with E-state index in [4.69, 9.17) is 4.74 Å². The number of pyridine rings is 1. The number of benzene rings is 2. The number of rotatable bonds is 6. The van der Waals surface area contributed by atoms with Crippen LogP contribution in [-0.2, 0) is 13.2 Å². The van der Waals surface area contributed by atoms with E-state index in [9.17, 15) is 4.79 Å². The van der Waals surface area contributed by atoms with Gasteiger partial charge >= 0.3 is 0 Å². The quantitative estimate of drug-likeness (QED) is 0.541. The zero-order chi connectivity index (χ0) is 20.8. The van der Waals surface area contributed by atoms with Gasteiger partial charge in [-0.25, -0.2) is 0 Å². The van der Waals surface area contributed by atoms with Crippen molar-refractivity contribution in [3.63, 3.8) is 0 Å². The first-order valence-corrected chi connectivity index (χ1v) is 10.9. The van der Waals surface area contributed by atoms with Crippen LogP contribution in [0.25, 0.3) is 0 Å². The third-order valence-corrected chi connectivity index (χ3v) is 6.05. The van der Waals surface area contributed by atoms with Gasteiger partial charge < -0.3 is 9.64 Å². The van der Waals surface area contributed by atoms with Crippen LogP contribution in [0.2, 0.25) is 0 Å². The Morgan fingerprint density at radius 1 is 0.933 bits per heavy atom. The number of hydrogen-bond donors (Lipinski definition) is 0. The molecule has 0 aliphatic carbocycles. The summed E-state index contributed by atoms with van der Waals surface area (Å²) in [5.74, 6) is 0.652. The summed E-state index contributed by atoms with van der Waals surface area (Å²) in [6.45, 7) is 4.43. The third-order valence-electron chi connectivity index (χ3n) is 5.27. The summed E-state index contributed by atoms with van der Waals surface area (Å²) in [6, 6.07) is 19.5. The molecule has 6 heteroatoms. The maximum absolute atomic E-state index is 13.2. The van der Waals surface area contributed by atoms with Gasteiger partial charge in [-0.15, -0.1) is 0 Å². The fourth-order valence-corrected chi connectivity index (χ4v) is 3.97. The topological polar surface area (TPSA) is 45.7 Å². The summed E-state index contributed by atoms with van der Waals surface area (Å²) in [4.78, 5) is 21.5. The average Bonchev–Trinajstić information content (AvgIpc) is 2.79. The van der Waals surface area contributed by atoms with Gasteiger partial charge in [0.25, 0.3) is 5.91 Å². The molecule has 2 heterocycles. The van der Waals surface area contributed by atoms with E-state index in [-0.39, 0.29) is 5.91 Å². The summed E-state index contributed by atoms with van der Waals surface area (Å²) in [5.41, 5.74) is 2.91. The minimum Gasteiger partial charge on any atom is -0.488 e. The average molecular weight is 466 g/mol. The van der Waals surface area contributed by atoms with Gasteiger partial charge in [0.2, 0.25) is 0 Å². The smallest absolute Gasteiger partial charge is 0.257 e. The second kappa shape index (κ2) is 9.87. The van der Waals surface area contributed by atoms with Crippen molar-refractivity contribution < 1.29 is 9.53 Å². The first-order chi connectivity index (χ1) is 14.7. The van der Waals surface area contributed by atoms with E-state index in [1.165, 1.54) is 5.56 Å². The second-order valence-electron chi connectivity index (χ2n) is 7.30. The molecule has 4 rings (SSSR count). The van der Waals surface area contributed by atoms with Crippen molar-refractivity contribution in [2.45, 2.75) is 13.2 Å². The second-order valence-corrected chi connectivity index (χ2v) is 8.15. The van der Waals surface area contributed by atoms with Crippen molar-refractivity contribution in [3.05, 3.63) is 94.2 Å². The van der Waals surface area contributed by atoms with Crippen molar-refractivity contribution in [2.24, 2.45) is 0 Å². The van der Waals surface area contributed by atoms with Crippen molar-refractivity contribution in [1.29, 1.82) is 0 Å². The number of ether oxygens (including phenoxy) is 1. The molecule has 0 radical (unpaired) electrons. The van der Waals surface area contributed by atoms with Crippen LogP contribution in [0.1, 0.15) is 21.5 Å². The maximum Gasteiger partial charge on any atom is 0.257 e. The van der Waals surface area contributed by atoms with E-state index in [0.717, 1.165) is 29.7 Å². The van der Waals surface area contributed by atoms with E-state index in [0.29, 0.717) is 31.0 Å². The molecular formula is C24H24BrN3O2. The predicted molar refractivity (Wildman–Crippen MR) is 120 cm³/mol. The monoisotopic (exact) mass is 465 g/mol. The third kappa shape index (κ3) is 5.07. The molecule has 0 N–H and O–H groups in total. The van der Waals surface area contributed by atoms with Crippen LogP contribution in [0.3, 0.4) is 0 Å². The van der Waals surface area contributed by atoms with Gasteiger partial charge in [-0.2, -0.15) is 0 Å². The number of nitrogens with zero attached hydrogens (tertiary/aromatic N) is 3. The molecule has 1 fully saturated rings. The molecule has 0 unspecified atom stereocenters. The lowest BCUT2D eigenvalue weighted by atomic mass is 10.1. The van der Waals surface area contributed by atoms with E-state index < -0.39 is 0 Å². The molecule has 0 atom stereocenters. The number of para-hydroxylation sites is 1. The Hall–Kier alpha value is -2.70. The van der Waals surface area contributed by atoms with Crippen molar-refractivity contribution in [2.75, 3.05) is 26.2 Å². The molecule has 5 nitrogen and oxygen atoms in total. The number of hydrogen-bond acceptors (Lipinski definition) is 4. The van der Waals surface area contributed by atoms with Crippen molar-refractivity contribution in [1.82, 2.24) is 14.8 Å². The highest BCUT2D eigenvalue weighted by Gasteiger charge is 2.24. The standard InChI is InChI=1S/C24H24BrN3O2/c25-22-7-3-1-5-20(22)18-30-23-8-4-2-6-21(23)24(29)28-15-13-27(14-16-28)17-19-9-11-26-12-10-19/h1-12H,13-18H2. The number of amides is 1. The molecular weight excluding hydrogens is 442 g/mol. The Balaban J connectivity index is 1.37. The maximum atomic E-state index is 13.2. The fourth-order valence-electron chi connectivity index (χ4n) is 3.57. The molecule has 0 saturated carbocycles. The molecule has 154 valence electrons. The summed E-state index contributed by atoms with van der Waals surface area (Å²) in [7, 11) is 0. The summed E-state index contributed by atoms with van der Waals surface area (Å²) < 4.78 is 7.02. The van der Waals surface area contributed by atoms with Gasteiger partial charge in [0.05, 0.1) is 5.56 Å². The Labute approximate surface area is 185 Å². The molecule has 0 bridgehead atoms. The van der Waals surface area contributed by atoms with Crippen molar-refractivity contribution >= 4 is 21.8 Å². The fraction of sp³-hybridized carbons (Fsp3) is 0.250. The molecule has 1 aliphatic rings. The first kappa shape index (κ1) is 20.6. The summed E-state index contributed by atoms with van der Waals surface area (Å²) in [6.07, 6.45) is 3.64. The van der Waals surface area contributed by atoms with Gasteiger partial charge in [0, 0.05) is 55.2 Å². The molecule has 1 amide bonds. The van der Waals surface area contributed by atoms with Crippen LogP contribution in [0, 0.1) is 0 Å². The molecule has 0 spiro atoms. The van der Waals surface area contributed by atoms with E-state index >= 15 is 0 Å². The molecule has 2 aromatic carbocycles. The van der Waals surface area contributed by atoms with Crippen LogP contribution < -0.4 is 4.74 Å². The van der Waals surface area contributed by atoms with Crippen molar-refractivity contribution in [3.8, 4) is 5.75 Å². The Bertz CT molecular complexity index is 989. The minimum atomic E-state index is 0.0290. The minimum absolute atomic E-state index is 0.0290. The van der Waals surface area contributed by atoms with E-state index in [1.54, 1.807) is 0 Å². The van der Waals surface area contributed by atoms with Gasteiger partial charge in [0.15, 0.2) is 0 Å². The highest BCUT2D eigenvalue weighted by atomic mass is 79.9. The van der Waals surface area contributed by atoms with Crippen LogP contribution in [0.4, 0.5) is 0 Å². The first-order valence-electron chi connectivity index (χ1n) is 10.1. The van der Waals surface area contributed by atoms with Gasteiger partial charge in [0.1, 0.15) is 12.4 Å². The number of carbonyl (C=O) groups excluding carboxylic acids is 1. The lowest BCUT2D eigenvalue weighted by Crippen LogP contribution is -2.48. The van der Waals surface area contributed by atoms with Gasteiger partial charge in [-0.05, 0) is 35.9 Å². The lowest BCUT2D eigenvalue weighted by molar-refractivity contribution is 0.0624. The summed E-state index contributed by atoms with van der Waals surface area (Å²) >= 11 is 3.55. The van der Waals surface area contributed by atoms with Gasteiger partial charge in [-0.1, -0.05) is 46.3 Å². The van der Waals surface area contributed by atoms with Crippen LogP contribution in [0.15, 0.2) is 77.5 Å². The molecule has 1 saturated heterocycles. The number of halogens is 1. The molecule has 1 aliphatic heterocycles. The number of aromatic nitrogens is 1. The Morgan fingerprint density at radius 2 is 1.63 bits per heavy atom. The van der Waals surface area contributed by atoms with Crippen LogP contribution in [0.5, 0.6) is 5.75 Å². The van der Waals surface area contributed by atoms with Gasteiger partial charge in [-0.3, -0.25) is 14.7 Å². The van der Waals surface area contributed by atoms with E-state index in [2.05, 4.69) is 25.8 Å². The number of carbonyl (C=O) groups is 1. The Morgan fingerprint density at radius 3 is 2.40 bits per heavy atom. The zero-order valence-electron chi connectivity index (χ0n) is 16.7. The normalized spacial score (nSPS) is 14.5. The van der Waals surface area contributed by atoms with Crippen LogP contribution >= 0.6 is 15.9 Å². The SMILES string of the molecule is O=C(c1ccccc1OCc1ccccc1Br)N1CCN(Cc2ccncc2)CC1. The molecule has 30 heavy (non-hydrogen) atoms. The van der Waals surface area contributed by atoms with E-state index in [1.807, 2.05) is 78.0 Å². The molecule has 1 aromatic heterocycles. The predicted octanol–water partition coefficient (Wildman–Crippen LogP) is 4.38. The number of piperazine rings is 1. The summed E-state index contributed by atoms with van der Waals surface area (Å²) in [5, 5.41) is 0. The molecule has 3 aromatic rings. The lowest BCUT2D eigenvalue weighted by Gasteiger charge is -2.35. The van der Waals surface area contributed by atoms with Crippen LogP contribution in [-0.4, -0.2) is 46.9 Å². The highest BCUT2D eigenvalue weighted by Crippen LogP contribution is 2.24.